The lowest BCUT2D eigenvalue weighted by molar-refractivity contribution is -0.116. The molecule has 0 aromatic heterocycles. The van der Waals surface area contributed by atoms with Crippen molar-refractivity contribution in [3.8, 4) is 0 Å². The Balaban J connectivity index is 3.06. The Labute approximate surface area is 87.9 Å². The van der Waals surface area contributed by atoms with Gasteiger partial charge < -0.3 is 0 Å². The standard InChI is InChI=1S/C11H11ClO2/c1-7-4-3-5-9(12)11(7)10(14)6-8(2)13/h3-5H,6H2,1-2H3. The highest BCUT2D eigenvalue weighted by atomic mass is 35.5. The van der Waals surface area contributed by atoms with Gasteiger partial charge in [-0.15, -0.1) is 0 Å². The molecule has 0 saturated heterocycles. The minimum atomic E-state index is -0.208. The zero-order valence-corrected chi connectivity index (χ0v) is 8.89. The Morgan fingerprint density at radius 1 is 1.36 bits per heavy atom. The largest absolute Gasteiger partial charge is 0.300 e. The van der Waals surface area contributed by atoms with Crippen LogP contribution in [0.5, 0.6) is 0 Å². The third-order valence-electron chi connectivity index (χ3n) is 1.91. The van der Waals surface area contributed by atoms with Crippen molar-refractivity contribution in [3.05, 3.63) is 34.3 Å². The Bertz CT molecular complexity index is 363. The van der Waals surface area contributed by atoms with Gasteiger partial charge in [-0.1, -0.05) is 23.7 Å². The lowest BCUT2D eigenvalue weighted by Gasteiger charge is -2.05. The molecule has 0 aliphatic heterocycles. The van der Waals surface area contributed by atoms with Gasteiger partial charge in [0.2, 0.25) is 0 Å². The summed E-state index contributed by atoms with van der Waals surface area (Å²) in [5.74, 6) is -0.352. The second-order valence-corrected chi connectivity index (χ2v) is 3.64. The van der Waals surface area contributed by atoms with E-state index in [2.05, 4.69) is 0 Å². The molecule has 1 rings (SSSR count). The second-order valence-electron chi connectivity index (χ2n) is 3.23. The van der Waals surface area contributed by atoms with Crippen molar-refractivity contribution >= 4 is 23.2 Å². The molecule has 0 N–H and O–H groups in total. The first-order valence-electron chi connectivity index (χ1n) is 4.30. The van der Waals surface area contributed by atoms with Crippen molar-refractivity contribution in [2.45, 2.75) is 20.3 Å². The minimum absolute atomic E-state index is 0.0788. The van der Waals surface area contributed by atoms with Crippen LogP contribution in [0.25, 0.3) is 0 Å². The number of carbonyl (C=O) groups excluding carboxylic acids is 2. The zero-order valence-electron chi connectivity index (χ0n) is 8.13. The van der Waals surface area contributed by atoms with Crippen molar-refractivity contribution in [2.75, 3.05) is 0 Å². The maximum absolute atomic E-state index is 11.6. The summed E-state index contributed by atoms with van der Waals surface area (Å²) in [6.45, 7) is 3.20. The van der Waals surface area contributed by atoms with E-state index in [0.29, 0.717) is 10.6 Å². The first-order chi connectivity index (χ1) is 6.52. The van der Waals surface area contributed by atoms with Crippen LogP contribution < -0.4 is 0 Å². The van der Waals surface area contributed by atoms with E-state index >= 15 is 0 Å². The molecule has 0 aliphatic rings. The summed E-state index contributed by atoms with van der Waals surface area (Å²) in [5, 5.41) is 0.413. The average molecular weight is 211 g/mol. The van der Waals surface area contributed by atoms with E-state index in [0.717, 1.165) is 5.56 Å². The molecule has 0 amide bonds. The van der Waals surface area contributed by atoms with Gasteiger partial charge in [0.25, 0.3) is 0 Å². The molecule has 3 heteroatoms. The summed E-state index contributed by atoms with van der Waals surface area (Å²) in [7, 11) is 0. The third kappa shape index (κ3) is 2.42. The van der Waals surface area contributed by atoms with Crippen molar-refractivity contribution < 1.29 is 9.59 Å². The molecule has 0 saturated carbocycles. The van der Waals surface area contributed by atoms with E-state index < -0.39 is 0 Å². The van der Waals surface area contributed by atoms with Gasteiger partial charge in [-0.3, -0.25) is 9.59 Å². The molecule has 0 unspecified atom stereocenters. The molecule has 0 bridgehead atoms. The van der Waals surface area contributed by atoms with Gasteiger partial charge in [0.15, 0.2) is 5.78 Å². The van der Waals surface area contributed by atoms with Crippen molar-refractivity contribution in [1.29, 1.82) is 0 Å². The fraction of sp³-hybridized carbons (Fsp3) is 0.273. The first kappa shape index (κ1) is 10.9. The van der Waals surface area contributed by atoms with Gasteiger partial charge in [0.05, 0.1) is 11.4 Å². The SMILES string of the molecule is CC(=O)CC(=O)c1c(C)cccc1Cl. The van der Waals surface area contributed by atoms with E-state index in [1.807, 2.05) is 0 Å². The Hall–Kier alpha value is -1.15. The van der Waals surface area contributed by atoms with Crippen LogP contribution in [-0.4, -0.2) is 11.6 Å². The van der Waals surface area contributed by atoms with Crippen LogP contribution >= 0.6 is 11.6 Å². The Morgan fingerprint density at radius 2 is 2.00 bits per heavy atom. The van der Waals surface area contributed by atoms with Gasteiger partial charge in [-0.2, -0.15) is 0 Å². The summed E-state index contributed by atoms with van der Waals surface area (Å²) in [6.07, 6.45) is -0.0788. The number of rotatable bonds is 3. The maximum Gasteiger partial charge on any atom is 0.171 e. The summed E-state index contributed by atoms with van der Waals surface area (Å²) in [4.78, 5) is 22.4. The van der Waals surface area contributed by atoms with Crippen molar-refractivity contribution in [3.63, 3.8) is 0 Å². The highest BCUT2D eigenvalue weighted by molar-refractivity contribution is 6.34. The van der Waals surface area contributed by atoms with Crippen LogP contribution in [0.1, 0.15) is 29.3 Å². The van der Waals surface area contributed by atoms with E-state index in [-0.39, 0.29) is 18.0 Å². The highest BCUT2D eigenvalue weighted by Crippen LogP contribution is 2.20. The fourth-order valence-electron chi connectivity index (χ4n) is 1.30. The number of ketones is 2. The van der Waals surface area contributed by atoms with Crippen LogP contribution in [0, 0.1) is 6.92 Å². The summed E-state index contributed by atoms with van der Waals surface area (Å²) >= 11 is 5.88. The van der Waals surface area contributed by atoms with E-state index in [1.54, 1.807) is 25.1 Å². The molecular formula is C11H11ClO2. The molecular weight excluding hydrogens is 200 g/mol. The lowest BCUT2D eigenvalue weighted by Crippen LogP contribution is -2.07. The molecule has 14 heavy (non-hydrogen) atoms. The quantitative estimate of drug-likeness (QED) is 0.568. The summed E-state index contributed by atoms with van der Waals surface area (Å²) in [6, 6.07) is 5.24. The van der Waals surface area contributed by atoms with Gasteiger partial charge in [-0.05, 0) is 25.5 Å². The fourth-order valence-corrected chi connectivity index (χ4v) is 1.63. The van der Waals surface area contributed by atoms with Gasteiger partial charge in [0, 0.05) is 5.56 Å². The van der Waals surface area contributed by atoms with Crippen LogP contribution in [0.2, 0.25) is 5.02 Å². The van der Waals surface area contributed by atoms with Gasteiger partial charge in [0.1, 0.15) is 5.78 Å². The zero-order chi connectivity index (χ0) is 10.7. The maximum atomic E-state index is 11.6. The molecule has 0 radical (unpaired) electrons. The number of carbonyl (C=O) groups is 2. The second kappa shape index (κ2) is 4.38. The molecule has 74 valence electrons. The van der Waals surface area contributed by atoms with Gasteiger partial charge in [-0.25, -0.2) is 0 Å². The summed E-state index contributed by atoms with van der Waals surface area (Å²) < 4.78 is 0. The molecule has 0 aliphatic carbocycles. The summed E-state index contributed by atoms with van der Waals surface area (Å²) in [5.41, 5.74) is 1.27. The number of Topliss-reactive ketones (excluding diaryl/α,β-unsaturated/α-hetero) is 2. The Morgan fingerprint density at radius 3 is 2.50 bits per heavy atom. The molecule has 0 fully saturated rings. The number of benzene rings is 1. The van der Waals surface area contributed by atoms with E-state index in [9.17, 15) is 9.59 Å². The molecule has 1 aromatic carbocycles. The predicted molar refractivity (Wildman–Crippen MR) is 55.8 cm³/mol. The monoisotopic (exact) mass is 210 g/mol. The number of hydrogen-bond donors (Lipinski definition) is 0. The average Bonchev–Trinajstić information content (AvgIpc) is 2.01. The Kier molecular flexibility index (Phi) is 3.42. The molecule has 2 nitrogen and oxygen atoms in total. The highest BCUT2D eigenvalue weighted by Gasteiger charge is 2.14. The van der Waals surface area contributed by atoms with Gasteiger partial charge >= 0.3 is 0 Å². The van der Waals surface area contributed by atoms with Crippen LogP contribution in [-0.2, 0) is 4.79 Å². The molecule has 0 heterocycles. The molecule has 0 spiro atoms. The van der Waals surface area contributed by atoms with E-state index in [4.69, 9.17) is 11.6 Å². The topological polar surface area (TPSA) is 34.1 Å². The van der Waals surface area contributed by atoms with Crippen LogP contribution in [0.15, 0.2) is 18.2 Å². The van der Waals surface area contributed by atoms with Crippen molar-refractivity contribution in [2.24, 2.45) is 0 Å². The van der Waals surface area contributed by atoms with Crippen LogP contribution in [0.3, 0.4) is 0 Å². The number of halogens is 1. The molecule has 0 atom stereocenters. The predicted octanol–water partition coefficient (Wildman–Crippen LogP) is 2.81. The van der Waals surface area contributed by atoms with E-state index in [1.165, 1.54) is 6.92 Å². The normalized spacial score (nSPS) is 9.93. The molecule has 1 aromatic rings. The first-order valence-corrected chi connectivity index (χ1v) is 4.68. The smallest absolute Gasteiger partial charge is 0.171 e. The number of aryl methyl sites for hydroxylation is 1. The lowest BCUT2D eigenvalue weighted by atomic mass is 10.0. The third-order valence-corrected chi connectivity index (χ3v) is 2.23. The van der Waals surface area contributed by atoms with Crippen molar-refractivity contribution in [1.82, 2.24) is 0 Å². The van der Waals surface area contributed by atoms with Crippen LogP contribution in [0.4, 0.5) is 0 Å². The number of hydrogen-bond acceptors (Lipinski definition) is 2. The minimum Gasteiger partial charge on any atom is -0.300 e.